The second-order valence-electron chi connectivity index (χ2n) is 0.695. The topological polar surface area (TPSA) is 56.5 Å². The SMILES string of the molecule is CONOC[I-]N. The zero-order valence-corrected chi connectivity index (χ0v) is 6.14. The van der Waals surface area contributed by atoms with E-state index in [1.807, 2.05) is 0 Å². The van der Waals surface area contributed by atoms with Crippen molar-refractivity contribution in [2.24, 2.45) is 3.95 Å². The molecule has 0 spiro atoms. The number of hydrogen-bond acceptors (Lipinski definition) is 4. The van der Waals surface area contributed by atoms with Crippen LogP contribution in [0.2, 0.25) is 0 Å². The third-order valence-corrected chi connectivity index (χ3v) is 0.931. The molecule has 46 valence electrons. The van der Waals surface area contributed by atoms with Gasteiger partial charge in [0.1, 0.15) is 0 Å². The Balaban J connectivity index is 2.45. The summed E-state index contributed by atoms with van der Waals surface area (Å²) in [5.74, 6) is 0. The van der Waals surface area contributed by atoms with Gasteiger partial charge in [0, 0.05) is 0 Å². The minimum absolute atomic E-state index is 0.270. The molecule has 0 aromatic heterocycles. The zero-order chi connectivity index (χ0) is 5.54. The van der Waals surface area contributed by atoms with E-state index in [2.05, 4.69) is 15.3 Å². The molecular weight excluding hydrogens is 211 g/mol. The van der Waals surface area contributed by atoms with Crippen LogP contribution in [0.15, 0.2) is 0 Å². The summed E-state index contributed by atoms with van der Waals surface area (Å²) in [7, 11) is 1.48. The molecule has 0 bridgehead atoms. The Hall–Kier alpha value is 0.570. The zero-order valence-electron chi connectivity index (χ0n) is 3.98. The maximum atomic E-state index is 5.16. The second-order valence-corrected chi connectivity index (χ2v) is 2.20. The van der Waals surface area contributed by atoms with Gasteiger partial charge in [-0.1, -0.05) is 0 Å². The summed E-state index contributed by atoms with van der Waals surface area (Å²) in [6.45, 7) is 0. The summed E-state index contributed by atoms with van der Waals surface area (Å²) >= 11 is -0.270. The molecule has 0 aromatic rings. The Morgan fingerprint density at radius 1 is 1.86 bits per heavy atom. The maximum absolute atomic E-state index is 5.16. The van der Waals surface area contributed by atoms with Gasteiger partial charge in [-0.15, -0.1) is 0 Å². The van der Waals surface area contributed by atoms with Gasteiger partial charge < -0.3 is 0 Å². The van der Waals surface area contributed by atoms with Crippen molar-refractivity contribution in [3.05, 3.63) is 0 Å². The first-order valence-corrected chi connectivity index (χ1v) is 4.36. The summed E-state index contributed by atoms with van der Waals surface area (Å²) in [6, 6.07) is 0. The Labute approximate surface area is 52.9 Å². The summed E-state index contributed by atoms with van der Waals surface area (Å²) < 4.78 is 5.73. The number of nitrogens with two attached hydrogens (primary N) is 1. The van der Waals surface area contributed by atoms with Crippen LogP contribution in [-0.2, 0) is 9.68 Å². The third kappa shape index (κ3) is 6.57. The Kier molecular flexibility index (Phi) is 7.10. The first-order chi connectivity index (χ1) is 3.41. The van der Waals surface area contributed by atoms with Crippen LogP contribution in [0.25, 0.3) is 0 Å². The Bertz CT molecular complexity index is 32.9. The number of nitrogens with one attached hydrogen (secondary N) is 1. The molecular formula is C2H8IN2O2-. The molecule has 0 saturated heterocycles. The average Bonchev–Trinajstić information content (AvgIpc) is 1.69. The molecule has 0 aliphatic rings. The van der Waals surface area contributed by atoms with Crippen molar-refractivity contribution in [2.75, 3.05) is 11.7 Å². The van der Waals surface area contributed by atoms with Crippen molar-refractivity contribution in [3.63, 3.8) is 0 Å². The number of halogens is 1. The van der Waals surface area contributed by atoms with Gasteiger partial charge >= 0.3 is 52.5 Å². The van der Waals surface area contributed by atoms with Gasteiger partial charge in [-0.3, -0.25) is 0 Å². The van der Waals surface area contributed by atoms with Gasteiger partial charge in [0.2, 0.25) is 0 Å². The van der Waals surface area contributed by atoms with Crippen LogP contribution in [0.3, 0.4) is 0 Å². The molecule has 0 heterocycles. The molecule has 0 rings (SSSR count). The molecule has 0 radical (unpaired) electrons. The van der Waals surface area contributed by atoms with Crippen molar-refractivity contribution < 1.29 is 31.2 Å². The van der Waals surface area contributed by atoms with Crippen molar-refractivity contribution in [1.29, 1.82) is 0 Å². The molecule has 0 unspecified atom stereocenters. The molecule has 0 saturated carbocycles. The van der Waals surface area contributed by atoms with E-state index in [1.165, 1.54) is 7.11 Å². The van der Waals surface area contributed by atoms with Crippen molar-refractivity contribution >= 4 is 0 Å². The predicted octanol–water partition coefficient (Wildman–Crippen LogP) is -4.01. The first kappa shape index (κ1) is 7.57. The van der Waals surface area contributed by atoms with E-state index in [0.717, 1.165) is 0 Å². The van der Waals surface area contributed by atoms with Crippen molar-refractivity contribution in [1.82, 2.24) is 5.64 Å². The predicted molar refractivity (Wildman–Crippen MR) is 20.3 cm³/mol. The van der Waals surface area contributed by atoms with Gasteiger partial charge in [0.15, 0.2) is 0 Å². The first-order valence-electron chi connectivity index (χ1n) is 1.59. The fraction of sp³-hybridized carbons (Fsp3) is 1.00. The van der Waals surface area contributed by atoms with E-state index in [1.54, 1.807) is 0 Å². The van der Waals surface area contributed by atoms with Crippen molar-refractivity contribution in [3.8, 4) is 0 Å². The van der Waals surface area contributed by atoms with Gasteiger partial charge in [-0.2, -0.15) is 0 Å². The quantitative estimate of drug-likeness (QED) is 0.166. The normalized spacial score (nSPS) is 10.0. The van der Waals surface area contributed by atoms with E-state index in [9.17, 15) is 0 Å². The third-order valence-electron chi connectivity index (χ3n) is 0.260. The molecule has 0 aliphatic heterocycles. The van der Waals surface area contributed by atoms with E-state index in [4.69, 9.17) is 3.95 Å². The van der Waals surface area contributed by atoms with Gasteiger partial charge in [0.25, 0.3) is 0 Å². The summed E-state index contributed by atoms with van der Waals surface area (Å²) in [6.07, 6.45) is 0. The summed E-state index contributed by atoms with van der Waals surface area (Å²) in [4.78, 5) is 8.92. The monoisotopic (exact) mass is 219 g/mol. The molecule has 7 heavy (non-hydrogen) atoms. The standard InChI is InChI=1S/C2H8IN2O2/c1-6-5-7-2-3-4/h5H,2,4H2,1H3/q-1. The summed E-state index contributed by atoms with van der Waals surface area (Å²) in [5, 5.41) is 0. The number of hydrogen-bond donors (Lipinski definition) is 2. The van der Waals surface area contributed by atoms with Gasteiger partial charge in [0.05, 0.1) is 0 Å². The average molecular weight is 219 g/mol. The molecule has 0 atom stereocenters. The van der Waals surface area contributed by atoms with E-state index in [-0.39, 0.29) is 21.5 Å². The molecule has 3 N–H and O–H groups in total. The summed E-state index contributed by atoms with van der Waals surface area (Å²) in [5.41, 5.74) is 2.20. The van der Waals surface area contributed by atoms with Crippen LogP contribution in [0, 0.1) is 0 Å². The number of alkyl halides is 1. The Morgan fingerprint density at radius 3 is 3.00 bits per heavy atom. The molecule has 0 aromatic carbocycles. The fourth-order valence-electron chi connectivity index (χ4n) is 0.113. The minimum atomic E-state index is -0.270. The van der Waals surface area contributed by atoms with E-state index in [0.29, 0.717) is 4.61 Å². The van der Waals surface area contributed by atoms with Crippen LogP contribution >= 0.6 is 0 Å². The molecule has 4 nitrogen and oxygen atoms in total. The fourth-order valence-corrected chi connectivity index (χ4v) is 0.420. The molecule has 0 aliphatic carbocycles. The van der Waals surface area contributed by atoms with Crippen LogP contribution in [0.1, 0.15) is 0 Å². The van der Waals surface area contributed by atoms with Crippen LogP contribution in [0.5, 0.6) is 0 Å². The van der Waals surface area contributed by atoms with Crippen LogP contribution in [0.4, 0.5) is 0 Å². The molecule has 5 heteroatoms. The van der Waals surface area contributed by atoms with E-state index >= 15 is 0 Å². The molecule has 0 amide bonds. The van der Waals surface area contributed by atoms with Gasteiger partial charge in [-0.05, 0) is 0 Å². The number of rotatable bonds is 4. The van der Waals surface area contributed by atoms with Crippen LogP contribution in [-0.4, -0.2) is 11.7 Å². The van der Waals surface area contributed by atoms with Crippen LogP contribution < -0.4 is 31.1 Å². The van der Waals surface area contributed by atoms with Crippen molar-refractivity contribution in [2.45, 2.75) is 0 Å². The Morgan fingerprint density at radius 2 is 2.57 bits per heavy atom. The second kappa shape index (κ2) is 6.57. The van der Waals surface area contributed by atoms with E-state index < -0.39 is 0 Å². The molecule has 0 fully saturated rings. The van der Waals surface area contributed by atoms with Gasteiger partial charge in [-0.25, -0.2) is 0 Å².